The van der Waals surface area contributed by atoms with Crippen molar-refractivity contribution in [2.75, 3.05) is 0 Å². The Bertz CT molecular complexity index is 562. The average molecular weight is 337 g/mol. The molecule has 0 unspecified atom stereocenters. The quantitative estimate of drug-likeness (QED) is 0.567. The first-order valence-electron chi connectivity index (χ1n) is 6.99. The summed E-state index contributed by atoms with van der Waals surface area (Å²) >= 11 is 3.51. The Hall–Kier alpha value is -1.09. The molecule has 1 aliphatic carbocycles. The maximum Gasteiger partial charge on any atom is 0.308 e. The molecule has 0 spiro atoms. The number of benzene rings is 1. The van der Waals surface area contributed by atoms with Crippen molar-refractivity contribution in [3.8, 4) is 5.75 Å². The standard InChI is InChI=1S/C17H21BrO2/c1-11-5-6-14(16(9-11)20-13(3)19)17(4)8-7-12(2)15(17)10-18/h5-6,9-10,12H,7-8H2,1-4H3/t12-,17-/m1/s1. The molecule has 108 valence electrons. The van der Waals surface area contributed by atoms with E-state index in [1.165, 1.54) is 12.5 Å². The molecule has 20 heavy (non-hydrogen) atoms. The van der Waals surface area contributed by atoms with E-state index in [9.17, 15) is 4.79 Å². The topological polar surface area (TPSA) is 26.3 Å². The molecule has 1 fully saturated rings. The van der Waals surface area contributed by atoms with E-state index in [0.717, 1.165) is 24.0 Å². The van der Waals surface area contributed by atoms with Crippen LogP contribution in [0.4, 0.5) is 0 Å². The number of aryl methyl sites for hydroxylation is 1. The lowest BCUT2D eigenvalue weighted by atomic mass is 9.76. The number of ether oxygens (including phenoxy) is 1. The van der Waals surface area contributed by atoms with Crippen molar-refractivity contribution in [2.24, 2.45) is 5.92 Å². The van der Waals surface area contributed by atoms with Gasteiger partial charge < -0.3 is 4.74 Å². The number of allylic oxidation sites excluding steroid dienone is 1. The summed E-state index contributed by atoms with van der Waals surface area (Å²) in [5.41, 5.74) is 3.51. The van der Waals surface area contributed by atoms with Crippen molar-refractivity contribution in [3.63, 3.8) is 0 Å². The van der Waals surface area contributed by atoms with Gasteiger partial charge in [-0.3, -0.25) is 4.79 Å². The summed E-state index contributed by atoms with van der Waals surface area (Å²) in [4.78, 5) is 13.4. The number of carbonyl (C=O) groups excluding carboxylic acids is 1. The zero-order valence-corrected chi connectivity index (χ0v) is 14.1. The third-order valence-corrected chi connectivity index (χ3v) is 4.84. The summed E-state index contributed by atoms with van der Waals surface area (Å²) in [5.74, 6) is 0.975. The van der Waals surface area contributed by atoms with Crippen molar-refractivity contribution >= 4 is 21.9 Å². The molecule has 0 N–H and O–H groups in total. The fraction of sp³-hybridized carbons (Fsp3) is 0.471. The highest BCUT2D eigenvalue weighted by Gasteiger charge is 2.41. The summed E-state index contributed by atoms with van der Waals surface area (Å²) in [5, 5.41) is 0. The summed E-state index contributed by atoms with van der Waals surface area (Å²) in [6.45, 7) is 7.95. The number of hydrogen-bond acceptors (Lipinski definition) is 2. The number of halogens is 1. The highest BCUT2D eigenvalue weighted by Crippen LogP contribution is 2.51. The molecule has 0 aromatic heterocycles. The summed E-state index contributed by atoms with van der Waals surface area (Å²) < 4.78 is 5.45. The van der Waals surface area contributed by atoms with Crippen LogP contribution in [0.5, 0.6) is 5.75 Å². The zero-order chi connectivity index (χ0) is 14.9. The van der Waals surface area contributed by atoms with Gasteiger partial charge in [0.25, 0.3) is 0 Å². The van der Waals surface area contributed by atoms with Gasteiger partial charge in [-0.2, -0.15) is 0 Å². The van der Waals surface area contributed by atoms with Crippen LogP contribution in [0.25, 0.3) is 0 Å². The first-order valence-corrected chi connectivity index (χ1v) is 7.90. The van der Waals surface area contributed by atoms with Crippen molar-refractivity contribution in [1.82, 2.24) is 0 Å². The number of esters is 1. The van der Waals surface area contributed by atoms with E-state index in [-0.39, 0.29) is 11.4 Å². The molecular formula is C17H21BrO2. The van der Waals surface area contributed by atoms with E-state index in [0.29, 0.717) is 11.7 Å². The minimum atomic E-state index is -0.268. The van der Waals surface area contributed by atoms with Crippen molar-refractivity contribution < 1.29 is 9.53 Å². The highest BCUT2D eigenvalue weighted by atomic mass is 79.9. The minimum Gasteiger partial charge on any atom is -0.426 e. The van der Waals surface area contributed by atoms with Gasteiger partial charge in [-0.05, 0) is 42.3 Å². The second-order valence-electron chi connectivity index (χ2n) is 5.93. The Morgan fingerprint density at radius 2 is 2.20 bits per heavy atom. The molecule has 0 saturated heterocycles. The molecule has 0 heterocycles. The van der Waals surface area contributed by atoms with E-state index >= 15 is 0 Å². The van der Waals surface area contributed by atoms with Gasteiger partial charge in [-0.1, -0.05) is 47.5 Å². The van der Waals surface area contributed by atoms with Crippen LogP contribution in [0.15, 0.2) is 28.8 Å². The van der Waals surface area contributed by atoms with E-state index in [1.807, 2.05) is 18.0 Å². The van der Waals surface area contributed by atoms with Crippen LogP contribution in [-0.4, -0.2) is 5.97 Å². The molecule has 1 aromatic rings. The molecule has 2 rings (SSSR count). The Kier molecular flexibility index (Phi) is 4.38. The van der Waals surface area contributed by atoms with Gasteiger partial charge in [-0.25, -0.2) is 0 Å². The van der Waals surface area contributed by atoms with Gasteiger partial charge in [-0.15, -0.1) is 0 Å². The predicted molar refractivity (Wildman–Crippen MR) is 85.2 cm³/mol. The zero-order valence-electron chi connectivity index (χ0n) is 12.5. The normalized spacial score (nSPS) is 27.9. The fourth-order valence-corrected chi connectivity index (χ4v) is 4.15. The van der Waals surface area contributed by atoms with Gasteiger partial charge in [0.05, 0.1) is 0 Å². The lowest BCUT2D eigenvalue weighted by Crippen LogP contribution is -2.22. The maximum absolute atomic E-state index is 11.4. The molecule has 0 aliphatic heterocycles. The van der Waals surface area contributed by atoms with Gasteiger partial charge in [0.2, 0.25) is 0 Å². The van der Waals surface area contributed by atoms with Crippen LogP contribution in [0, 0.1) is 12.8 Å². The summed E-state index contributed by atoms with van der Waals surface area (Å²) in [6.07, 6.45) is 2.23. The fourth-order valence-electron chi connectivity index (χ4n) is 3.19. The van der Waals surface area contributed by atoms with Crippen LogP contribution in [0.2, 0.25) is 0 Å². The number of hydrogen-bond donors (Lipinski definition) is 0. The monoisotopic (exact) mass is 336 g/mol. The Morgan fingerprint density at radius 3 is 2.80 bits per heavy atom. The largest absolute Gasteiger partial charge is 0.426 e. The van der Waals surface area contributed by atoms with E-state index in [2.05, 4.69) is 41.9 Å². The molecule has 1 saturated carbocycles. The highest BCUT2D eigenvalue weighted by molar-refractivity contribution is 9.11. The molecule has 2 atom stereocenters. The van der Waals surface area contributed by atoms with Gasteiger partial charge in [0.1, 0.15) is 5.75 Å². The SMILES string of the molecule is CC(=O)Oc1cc(C)ccc1[C@@]1(C)CC[C@@H](C)C1=CBr. The molecule has 3 heteroatoms. The Morgan fingerprint density at radius 1 is 1.50 bits per heavy atom. The van der Waals surface area contributed by atoms with E-state index < -0.39 is 0 Å². The Balaban J connectivity index is 2.54. The van der Waals surface area contributed by atoms with Crippen LogP contribution >= 0.6 is 15.9 Å². The number of carbonyl (C=O) groups is 1. The predicted octanol–water partition coefficient (Wildman–Crippen LogP) is 4.89. The third-order valence-electron chi connectivity index (χ3n) is 4.35. The van der Waals surface area contributed by atoms with Crippen LogP contribution in [0.1, 0.15) is 44.7 Å². The molecule has 0 bridgehead atoms. The van der Waals surface area contributed by atoms with Crippen LogP contribution < -0.4 is 4.74 Å². The van der Waals surface area contributed by atoms with Gasteiger partial charge in [0.15, 0.2) is 0 Å². The molecule has 0 amide bonds. The van der Waals surface area contributed by atoms with Gasteiger partial charge >= 0.3 is 5.97 Å². The van der Waals surface area contributed by atoms with Crippen LogP contribution in [0.3, 0.4) is 0 Å². The third kappa shape index (κ3) is 2.69. The van der Waals surface area contributed by atoms with Crippen molar-refractivity contribution in [2.45, 2.75) is 46.0 Å². The lowest BCUT2D eigenvalue weighted by molar-refractivity contribution is -0.131. The molecule has 1 aliphatic rings. The smallest absolute Gasteiger partial charge is 0.308 e. The second-order valence-corrected chi connectivity index (χ2v) is 6.39. The second kappa shape index (κ2) is 5.72. The molecule has 2 nitrogen and oxygen atoms in total. The van der Waals surface area contributed by atoms with Crippen LogP contribution in [-0.2, 0) is 10.2 Å². The molecule has 0 radical (unpaired) electrons. The summed E-state index contributed by atoms with van der Waals surface area (Å²) in [6, 6.07) is 6.14. The van der Waals surface area contributed by atoms with E-state index in [1.54, 1.807) is 0 Å². The first kappa shape index (κ1) is 15.3. The van der Waals surface area contributed by atoms with Gasteiger partial charge in [0, 0.05) is 17.9 Å². The average Bonchev–Trinajstić information content (AvgIpc) is 2.64. The summed E-state index contributed by atoms with van der Waals surface area (Å²) in [7, 11) is 0. The maximum atomic E-state index is 11.4. The van der Waals surface area contributed by atoms with E-state index in [4.69, 9.17) is 4.74 Å². The molecule has 1 aromatic carbocycles. The first-order chi connectivity index (χ1) is 9.38. The lowest BCUT2D eigenvalue weighted by Gasteiger charge is -2.29. The molecular weight excluding hydrogens is 316 g/mol. The number of rotatable bonds is 2. The minimum absolute atomic E-state index is 0.0681. The Labute approximate surface area is 129 Å². The van der Waals surface area contributed by atoms with Crippen molar-refractivity contribution in [1.29, 1.82) is 0 Å². The van der Waals surface area contributed by atoms with Crippen molar-refractivity contribution in [3.05, 3.63) is 39.9 Å².